The summed E-state index contributed by atoms with van der Waals surface area (Å²) in [5, 5.41) is 6.02. The number of nitrogens with one attached hydrogen (secondary N) is 2. The van der Waals surface area contributed by atoms with Crippen molar-refractivity contribution in [3.05, 3.63) is 63.6 Å². The number of amides is 2. The SMILES string of the molecule is COC(=O)[C@H](Cc1ccc(NC(=O)c2c(Cl)cccc2Cl)cc1)NC(=O)[C@H]1C[C@@H](C(C)=O)C1(C)C. The van der Waals surface area contributed by atoms with E-state index in [9.17, 15) is 19.2 Å². The lowest BCUT2D eigenvalue weighted by Gasteiger charge is -2.50. The number of carbonyl (C=O) groups excluding carboxylic acids is 4. The van der Waals surface area contributed by atoms with E-state index in [0.717, 1.165) is 5.56 Å². The van der Waals surface area contributed by atoms with Crippen molar-refractivity contribution in [3.63, 3.8) is 0 Å². The molecular formula is C26H28Cl2N2O5. The number of rotatable bonds is 8. The summed E-state index contributed by atoms with van der Waals surface area (Å²) in [7, 11) is 1.26. The highest BCUT2D eigenvalue weighted by molar-refractivity contribution is 6.40. The minimum atomic E-state index is -0.887. The van der Waals surface area contributed by atoms with E-state index in [4.69, 9.17) is 27.9 Å². The molecule has 1 aliphatic rings. The lowest BCUT2D eigenvalue weighted by atomic mass is 9.53. The second kappa shape index (κ2) is 10.8. The molecule has 1 fully saturated rings. The summed E-state index contributed by atoms with van der Waals surface area (Å²) in [4.78, 5) is 49.6. The average Bonchev–Trinajstić information content (AvgIpc) is 2.78. The van der Waals surface area contributed by atoms with Crippen LogP contribution in [0.4, 0.5) is 5.69 Å². The normalized spacial score (nSPS) is 19.1. The zero-order valence-corrected chi connectivity index (χ0v) is 21.5. The molecule has 0 saturated heterocycles. The smallest absolute Gasteiger partial charge is 0.328 e. The number of esters is 1. The van der Waals surface area contributed by atoms with Gasteiger partial charge in [-0.3, -0.25) is 14.4 Å². The summed E-state index contributed by atoms with van der Waals surface area (Å²) >= 11 is 12.2. The van der Waals surface area contributed by atoms with Crippen molar-refractivity contribution >= 4 is 52.5 Å². The number of Topliss-reactive ketones (excluding diaryl/α,β-unsaturated/α-hetero) is 1. The molecule has 2 aromatic carbocycles. The molecule has 3 atom stereocenters. The van der Waals surface area contributed by atoms with Gasteiger partial charge in [0.15, 0.2) is 0 Å². The lowest BCUT2D eigenvalue weighted by molar-refractivity contribution is -0.153. The van der Waals surface area contributed by atoms with Gasteiger partial charge in [0.2, 0.25) is 5.91 Å². The zero-order chi connectivity index (χ0) is 25.9. The third kappa shape index (κ3) is 5.85. The summed E-state index contributed by atoms with van der Waals surface area (Å²) in [5.74, 6) is -1.75. The number of methoxy groups -OCH3 is 1. The first kappa shape index (κ1) is 26.7. The molecule has 2 N–H and O–H groups in total. The third-order valence-electron chi connectivity index (χ3n) is 6.72. The molecule has 186 valence electrons. The molecule has 0 bridgehead atoms. The fourth-order valence-corrected chi connectivity index (χ4v) is 5.11. The molecule has 9 heteroatoms. The van der Waals surface area contributed by atoms with Gasteiger partial charge in [-0.05, 0) is 48.6 Å². The molecule has 1 aliphatic carbocycles. The molecule has 0 aromatic heterocycles. The van der Waals surface area contributed by atoms with Gasteiger partial charge in [0.05, 0.1) is 22.7 Å². The molecule has 1 saturated carbocycles. The number of benzene rings is 2. The van der Waals surface area contributed by atoms with Crippen molar-refractivity contribution in [2.24, 2.45) is 17.3 Å². The molecular weight excluding hydrogens is 491 g/mol. The maximum Gasteiger partial charge on any atom is 0.328 e. The summed E-state index contributed by atoms with van der Waals surface area (Å²) in [5.41, 5.74) is 0.976. The van der Waals surface area contributed by atoms with Crippen LogP contribution in [-0.4, -0.2) is 36.7 Å². The van der Waals surface area contributed by atoms with Crippen LogP contribution in [0.25, 0.3) is 0 Å². The predicted molar refractivity (Wildman–Crippen MR) is 135 cm³/mol. The number of ketones is 1. The number of carbonyl (C=O) groups is 4. The van der Waals surface area contributed by atoms with Crippen LogP contribution in [0.1, 0.15) is 43.1 Å². The molecule has 35 heavy (non-hydrogen) atoms. The van der Waals surface area contributed by atoms with Crippen LogP contribution in [0.15, 0.2) is 42.5 Å². The zero-order valence-electron chi connectivity index (χ0n) is 20.0. The quantitative estimate of drug-likeness (QED) is 0.493. The molecule has 0 radical (unpaired) electrons. The Balaban J connectivity index is 1.66. The van der Waals surface area contributed by atoms with Gasteiger partial charge in [-0.15, -0.1) is 0 Å². The number of ether oxygens (including phenoxy) is 1. The molecule has 7 nitrogen and oxygen atoms in total. The highest BCUT2D eigenvalue weighted by Gasteiger charge is 2.53. The van der Waals surface area contributed by atoms with Gasteiger partial charge < -0.3 is 15.4 Å². The number of anilines is 1. The Kier molecular flexibility index (Phi) is 8.23. The van der Waals surface area contributed by atoms with E-state index >= 15 is 0 Å². The van der Waals surface area contributed by atoms with Crippen molar-refractivity contribution in [1.29, 1.82) is 0 Å². The van der Waals surface area contributed by atoms with Crippen LogP contribution in [0.2, 0.25) is 10.0 Å². The Morgan fingerprint density at radius 1 is 1.03 bits per heavy atom. The van der Waals surface area contributed by atoms with E-state index in [2.05, 4.69) is 10.6 Å². The van der Waals surface area contributed by atoms with E-state index < -0.39 is 23.3 Å². The van der Waals surface area contributed by atoms with E-state index in [0.29, 0.717) is 12.1 Å². The summed E-state index contributed by atoms with van der Waals surface area (Å²) in [6, 6.07) is 10.8. The van der Waals surface area contributed by atoms with Crippen LogP contribution in [0, 0.1) is 17.3 Å². The Bertz CT molecular complexity index is 1130. The monoisotopic (exact) mass is 518 g/mol. The Morgan fingerprint density at radius 3 is 2.14 bits per heavy atom. The van der Waals surface area contributed by atoms with Crippen LogP contribution in [0.5, 0.6) is 0 Å². The van der Waals surface area contributed by atoms with Gasteiger partial charge in [0.1, 0.15) is 11.8 Å². The topological polar surface area (TPSA) is 102 Å². The third-order valence-corrected chi connectivity index (χ3v) is 7.35. The van der Waals surface area contributed by atoms with Gasteiger partial charge in [-0.1, -0.05) is 55.2 Å². The van der Waals surface area contributed by atoms with E-state index in [1.807, 2.05) is 13.8 Å². The Labute approximate surface area is 214 Å². The van der Waals surface area contributed by atoms with Gasteiger partial charge in [0, 0.05) is 23.9 Å². The first-order valence-corrected chi connectivity index (χ1v) is 11.9. The highest BCUT2D eigenvalue weighted by atomic mass is 35.5. The van der Waals surface area contributed by atoms with Crippen molar-refractivity contribution in [2.45, 2.75) is 39.7 Å². The van der Waals surface area contributed by atoms with E-state index in [1.54, 1.807) is 42.5 Å². The van der Waals surface area contributed by atoms with Gasteiger partial charge in [-0.2, -0.15) is 0 Å². The maximum absolute atomic E-state index is 12.9. The van der Waals surface area contributed by atoms with Crippen LogP contribution in [0.3, 0.4) is 0 Å². The maximum atomic E-state index is 12.9. The van der Waals surface area contributed by atoms with Crippen molar-refractivity contribution in [3.8, 4) is 0 Å². The van der Waals surface area contributed by atoms with E-state index in [-0.39, 0.29) is 45.6 Å². The molecule has 0 heterocycles. The van der Waals surface area contributed by atoms with Crippen molar-refractivity contribution < 1.29 is 23.9 Å². The Morgan fingerprint density at radius 2 is 1.63 bits per heavy atom. The first-order chi connectivity index (χ1) is 16.4. The van der Waals surface area contributed by atoms with Crippen molar-refractivity contribution in [1.82, 2.24) is 5.32 Å². The molecule has 0 spiro atoms. The number of hydrogen-bond acceptors (Lipinski definition) is 5. The Hall–Kier alpha value is -2.90. The van der Waals surface area contributed by atoms with Crippen molar-refractivity contribution in [2.75, 3.05) is 12.4 Å². The minimum absolute atomic E-state index is 0.0626. The largest absolute Gasteiger partial charge is 0.467 e. The van der Waals surface area contributed by atoms with Gasteiger partial charge in [-0.25, -0.2) is 4.79 Å². The number of halogens is 2. The van der Waals surface area contributed by atoms with Gasteiger partial charge in [0.25, 0.3) is 5.91 Å². The van der Waals surface area contributed by atoms with Crippen LogP contribution < -0.4 is 10.6 Å². The van der Waals surface area contributed by atoms with E-state index in [1.165, 1.54) is 14.0 Å². The predicted octanol–water partition coefficient (Wildman–Crippen LogP) is 4.70. The van der Waals surface area contributed by atoms with Gasteiger partial charge >= 0.3 is 5.97 Å². The van der Waals surface area contributed by atoms with Crippen LogP contribution in [-0.2, 0) is 25.5 Å². The summed E-state index contributed by atoms with van der Waals surface area (Å²) in [6.45, 7) is 5.32. The molecule has 0 aliphatic heterocycles. The second-order valence-electron chi connectivity index (χ2n) is 9.31. The molecule has 3 rings (SSSR count). The fourth-order valence-electron chi connectivity index (χ4n) is 4.54. The molecule has 2 aromatic rings. The second-order valence-corrected chi connectivity index (χ2v) is 10.1. The molecule has 0 unspecified atom stereocenters. The van der Waals surface area contributed by atoms with Crippen LogP contribution >= 0.6 is 23.2 Å². The average molecular weight is 519 g/mol. The molecule has 2 amide bonds. The number of hydrogen-bond donors (Lipinski definition) is 2. The fraction of sp³-hybridized carbons (Fsp3) is 0.385. The summed E-state index contributed by atoms with van der Waals surface area (Å²) < 4.78 is 4.89. The minimum Gasteiger partial charge on any atom is -0.467 e. The highest BCUT2D eigenvalue weighted by Crippen LogP contribution is 2.51. The standard InChI is InChI=1S/C26H28Cl2N2O5/c1-14(31)17-13-18(26(17,2)3)23(32)30-21(25(34)35-4)12-15-8-10-16(11-9-15)29-24(33)22-19(27)6-5-7-20(22)28/h5-11,17-18,21H,12-13H2,1-4H3,(H,29,33)(H,30,32)/t17-,18+,21-/m0/s1. The summed E-state index contributed by atoms with van der Waals surface area (Å²) in [6.07, 6.45) is 0.665. The first-order valence-electron chi connectivity index (χ1n) is 11.2. The lowest BCUT2D eigenvalue weighted by Crippen LogP contribution is -2.57.